The van der Waals surface area contributed by atoms with E-state index < -0.39 is 15.9 Å². The average molecular weight is 301 g/mol. The van der Waals surface area contributed by atoms with Crippen LogP contribution < -0.4 is 16.2 Å². The van der Waals surface area contributed by atoms with E-state index in [9.17, 15) is 13.2 Å². The van der Waals surface area contributed by atoms with Gasteiger partial charge >= 0.3 is 0 Å². The van der Waals surface area contributed by atoms with Crippen LogP contribution in [-0.2, 0) is 14.8 Å². The van der Waals surface area contributed by atoms with E-state index in [4.69, 9.17) is 23.7 Å². The molecule has 0 radical (unpaired) electrons. The van der Waals surface area contributed by atoms with Gasteiger partial charge in [-0.2, -0.15) is 0 Å². The smallest absolute Gasteiger partial charge is 0.240 e. The Morgan fingerprint density at radius 1 is 1.21 bits per heavy atom. The summed E-state index contributed by atoms with van der Waals surface area (Å²) in [5, 5.41) is 0. The van der Waals surface area contributed by atoms with E-state index in [1.54, 1.807) is 12.1 Å². The van der Waals surface area contributed by atoms with Crippen LogP contribution in [0.5, 0.6) is 0 Å². The molecule has 6 nitrogen and oxygen atoms in total. The van der Waals surface area contributed by atoms with Crippen LogP contribution in [-0.4, -0.2) is 25.9 Å². The summed E-state index contributed by atoms with van der Waals surface area (Å²) >= 11 is 4.78. The standard InChI is InChI=1S/C11H15N3O3S2/c12-10(15)2-1-7-14-19(16,17)9-5-3-8(4-6-9)11(13)18/h3-6,14H,1-2,7H2,(H2,12,15)(H2,13,18). The summed E-state index contributed by atoms with van der Waals surface area (Å²) in [6, 6.07) is 5.93. The van der Waals surface area contributed by atoms with Crippen LogP contribution in [0.25, 0.3) is 0 Å². The van der Waals surface area contributed by atoms with Crippen LogP contribution >= 0.6 is 12.2 Å². The van der Waals surface area contributed by atoms with E-state index in [2.05, 4.69) is 4.72 Å². The van der Waals surface area contributed by atoms with Crippen LogP contribution in [0, 0.1) is 0 Å². The molecule has 0 aliphatic carbocycles. The first-order valence-electron chi connectivity index (χ1n) is 5.51. The van der Waals surface area contributed by atoms with Crippen molar-refractivity contribution in [2.24, 2.45) is 11.5 Å². The molecule has 0 aliphatic rings. The van der Waals surface area contributed by atoms with Crippen LogP contribution in [0.1, 0.15) is 18.4 Å². The maximum atomic E-state index is 11.9. The van der Waals surface area contributed by atoms with Crippen molar-refractivity contribution in [1.82, 2.24) is 4.72 Å². The van der Waals surface area contributed by atoms with Gasteiger partial charge < -0.3 is 11.5 Å². The highest BCUT2D eigenvalue weighted by atomic mass is 32.2. The van der Waals surface area contributed by atoms with E-state index in [1.165, 1.54) is 12.1 Å². The van der Waals surface area contributed by atoms with E-state index >= 15 is 0 Å². The second-order valence-electron chi connectivity index (χ2n) is 3.86. The normalized spacial score (nSPS) is 11.2. The molecule has 0 fully saturated rings. The molecule has 0 saturated carbocycles. The number of hydrogen-bond acceptors (Lipinski definition) is 4. The van der Waals surface area contributed by atoms with Crippen molar-refractivity contribution in [3.63, 3.8) is 0 Å². The SMILES string of the molecule is NC(=O)CCCNS(=O)(=O)c1ccc(C(N)=S)cc1. The molecule has 1 aromatic rings. The van der Waals surface area contributed by atoms with Crippen molar-refractivity contribution in [3.8, 4) is 0 Å². The highest BCUT2D eigenvalue weighted by Crippen LogP contribution is 2.10. The second kappa shape index (κ2) is 6.60. The molecular formula is C11H15N3O3S2. The largest absolute Gasteiger partial charge is 0.389 e. The molecule has 0 aliphatic heterocycles. The van der Waals surface area contributed by atoms with Gasteiger partial charge in [0.15, 0.2) is 0 Å². The molecule has 5 N–H and O–H groups in total. The van der Waals surface area contributed by atoms with E-state index in [0.717, 1.165) is 0 Å². The predicted octanol–water partition coefficient (Wildman–Crippen LogP) is -0.135. The Balaban J connectivity index is 2.66. The van der Waals surface area contributed by atoms with Crippen molar-refractivity contribution in [2.75, 3.05) is 6.54 Å². The molecule has 1 rings (SSSR count). The van der Waals surface area contributed by atoms with Crippen LogP contribution in [0.2, 0.25) is 0 Å². The molecule has 0 spiro atoms. The van der Waals surface area contributed by atoms with Crippen LogP contribution in [0.3, 0.4) is 0 Å². The number of amides is 1. The maximum absolute atomic E-state index is 11.9. The molecule has 8 heteroatoms. The van der Waals surface area contributed by atoms with Crippen molar-refractivity contribution in [1.29, 1.82) is 0 Å². The zero-order valence-corrected chi connectivity index (χ0v) is 11.8. The summed E-state index contributed by atoms with van der Waals surface area (Å²) in [6.45, 7) is 0.155. The maximum Gasteiger partial charge on any atom is 0.240 e. The third-order valence-electron chi connectivity index (χ3n) is 2.34. The summed E-state index contributed by atoms with van der Waals surface area (Å²) in [4.78, 5) is 10.8. The van der Waals surface area contributed by atoms with Crippen LogP contribution in [0.15, 0.2) is 29.2 Å². The van der Waals surface area contributed by atoms with E-state index in [1.807, 2.05) is 0 Å². The molecule has 0 aromatic heterocycles. The number of benzene rings is 1. The van der Waals surface area contributed by atoms with E-state index in [-0.39, 0.29) is 22.8 Å². The molecular weight excluding hydrogens is 286 g/mol. The molecule has 104 valence electrons. The first-order valence-corrected chi connectivity index (χ1v) is 7.40. The van der Waals surface area contributed by atoms with Crippen molar-refractivity contribution in [3.05, 3.63) is 29.8 Å². The number of carbonyl (C=O) groups is 1. The highest BCUT2D eigenvalue weighted by molar-refractivity contribution is 7.89. The average Bonchev–Trinajstić information content (AvgIpc) is 2.34. The topological polar surface area (TPSA) is 115 Å². The summed E-state index contributed by atoms with van der Waals surface area (Å²) in [7, 11) is -3.59. The number of rotatable bonds is 7. The van der Waals surface area contributed by atoms with Crippen molar-refractivity contribution < 1.29 is 13.2 Å². The number of nitrogens with two attached hydrogens (primary N) is 2. The monoisotopic (exact) mass is 301 g/mol. The lowest BCUT2D eigenvalue weighted by atomic mass is 10.2. The number of thiocarbonyl (C=S) groups is 1. The van der Waals surface area contributed by atoms with Gasteiger partial charge in [0.1, 0.15) is 4.99 Å². The quantitative estimate of drug-likeness (QED) is 0.479. The minimum atomic E-state index is -3.59. The Labute approximate surface area is 117 Å². The van der Waals surface area contributed by atoms with Gasteiger partial charge in [0, 0.05) is 18.5 Å². The van der Waals surface area contributed by atoms with Gasteiger partial charge in [-0.25, -0.2) is 13.1 Å². The fraction of sp³-hybridized carbons (Fsp3) is 0.273. The van der Waals surface area contributed by atoms with Crippen molar-refractivity contribution >= 4 is 33.1 Å². The third-order valence-corrected chi connectivity index (χ3v) is 4.05. The van der Waals surface area contributed by atoms with Gasteiger partial charge in [-0.05, 0) is 18.6 Å². The summed E-state index contributed by atoms with van der Waals surface area (Å²) in [5.74, 6) is -0.458. The van der Waals surface area contributed by atoms with Gasteiger partial charge in [0.05, 0.1) is 4.90 Å². The van der Waals surface area contributed by atoms with Gasteiger partial charge in [-0.3, -0.25) is 4.79 Å². The summed E-state index contributed by atoms with van der Waals surface area (Å²) < 4.78 is 26.1. The minimum absolute atomic E-state index is 0.117. The second-order valence-corrected chi connectivity index (χ2v) is 6.06. The molecule has 0 atom stereocenters. The Hall–Kier alpha value is -1.51. The molecule has 1 aromatic carbocycles. The Kier molecular flexibility index (Phi) is 5.40. The zero-order chi connectivity index (χ0) is 14.5. The highest BCUT2D eigenvalue weighted by Gasteiger charge is 2.13. The van der Waals surface area contributed by atoms with Crippen LogP contribution in [0.4, 0.5) is 0 Å². The molecule has 0 heterocycles. The number of sulfonamides is 1. The lowest BCUT2D eigenvalue weighted by Gasteiger charge is -2.06. The first kappa shape index (κ1) is 15.5. The van der Waals surface area contributed by atoms with Gasteiger partial charge in [0.25, 0.3) is 0 Å². The molecule has 0 saturated heterocycles. The number of nitrogens with one attached hydrogen (secondary N) is 1. The molecule has 0 bridgehead atoms. The summed E-state index contributed by atoms with van der Waals surface area (Å²) in [6.07, 6.45) is 0.502. The number of hydrogen-bond donors (Lipinski definition) is 3. The third kappa shape index (κ3) is 4.93. The Bertz CT molecular complexity index is 567. The predicted molar refractivity (Wildman–Crippen MR) is 75.9 cm³/mol. The lowest BCUT2D eigenvalue weighted by molar-refractivity contribution is -0.118. The Morgan fingerprint density at radius 3 is 2.26 bits per heavy atom. The molecule has 0 unspecified atom stereocenters. The molecule has 19 heavy (non-hydrogen) atoms. The first-order chi connectivity index (χ1) is 8.83. The van der Waals surface area contributed by atoms with Gasteiger partial charge in [0.2, 0.25) is 15.9 Å². The van der Waals surface area contributed by atoms with E-state index in [0.29, 0.717) is 12.0 Å². The molecule has 1 amide bonds. The van der Waals surface area contributed by atoms with Gasteiger partial charge in [-0.15, -0.1) is 0 Å². The fourth-order valence-corrected chi connectivity index (χ4v) is 2.56. The summed E-state index contributed by atoms with van der Waals surface area (Å²) in [5.41, 5.74) is 11.0. The number of carbonyl (C=O) groups excluding carboxylic acids is 1. The lowest BCUT2D eigenvalue weighted by Crippen LogP contribution is -2.26. The Morgan fingerprint density at radius 2 is 1.79 bits per heavy atom. The number of primary amides is 1. The minimum Gasteiger partial charge on any atom is -0.389 e. The van der Waals surface area contributed by atoms with Gasteiger partial charge in [-0.1, -0.05) is 24.4 Å². The zero-order valence-electron chi connectivity index (χ0n) is 10.1. The fourth-order valence-electron chi connectivity index (χ4n) is 1.35. The van der Waals surface area contributed by atoms with Crippen molar-refractivity contribution in [2.45, 2.75) is 17.7 Å².